The number of benzene rings is 2. The van der Waals surface area contributed by atoms with E-state index in [-0.39, 0.29) is 11.8 Å². The van der Waals surface area contributed by atoms with Crippen LogP contribution in [0.25, 0.3) is 22.0 Å². The smallest absolute Gasteiger partial charge is 0.451 e. The molecule has 4 aromatic rings. The molecule has 0 bridgehead atoms. The molecule has 0 fully saturated rings. The van der Waals surface area contributed by atoms with E-state index in [1.807, 2.05) is 6.07 Å². The third-order valence-corrected chi connectivity index (χ3v) is 5.10. The lowest BCUT2D eigenvalue weighted by atomic mass is 10.0. The van der Waals surface area contributed by atoms with Gasteiger partial charge in [0.05, 0.1) is 20.3 Å². The number of nitrogens with zero attached hydrogens (tertiary/aromatic N) is 4. The average molecular weight is 473 g/mol. The molecule has 4 rings (SSSR count). The fourth-order valence-electron chi connectivity index (χ4n) is 3.34. The number of alkyl halides is 3. The lowest BCUT2D eigenvalue weighted by Crippen LogP contribution is -2.14. The Bertz CT molecular complexity index is 1310. The summed E-state index contributed by atoms with van der Waals surface area (Å²) in [5.41, 5.74) is 2.35. The Morgan fingerprint density at radius 2 is 1.59 bits per heavy atom. The quantitative estimate of drug-likeness (QED) is 0.374. The second-order valence-corrected chi connectivity index (χ2v) is 7.34. The molecule has 1 atom stereocenters. The van der Waals surface area contributed by atoms with Crippen molar-refractivity contribution in [1.29, 1.82) is 0 Å². The molecule has 0 saturated carbocycles. The first-order valence-electron chi connectivity index (χ1n) is 10.0. The Labute approximate surface area is 191 Å². The first-order chi connectivity index (χ1) is 16.2. The molecule has 1 unspecified atom stereocenters. The van der Waals surface area contributed by atoms with Gasteiger partial charge in [0.2, 0.25) is 5.82 Å². The van der Waals surface area contributed by atoms with Gasteiger partial charge >= 0.3 is 12.2 Å². The van der Waals surface area contributed by atoms with Crippen LogP contribution in [0.1, 0.15) is 24.4 Å². The van der Waals surface area contributed by atoms with Gasteiger partial charge in [-0.05, 0) is 42.3 Å². The average Bonchev–Trinajstić information content (AvgIpc) is 2.83. The molecule has 0 aliphatic carbocycles. The minimum atomic E-state index is -4.63. The van der Waals surface area contributed by atoms with Crippen LogP contribution in [0.5, 0.6) is 11.8 Å². The summed E-state index contributed by atoms with van der Waals surface area (Å²) in [6.07, 6.45) is -2.41. The monoisotopic (exact) mass is 473 g/mol. The van der Waals surface area contributed by atoms with Gasteiger partial charge in [-0.3, -0.25) is 0 Å². The lowest BCUT2D eigenvalue weighted by Gasteiger charge is -2.18. The maximum absolute atomic E-state index is 13.4. The number of nitrogens with one attached hydrogen (secondary N) is 1. The maximum Gasteiger partial charge on any atom is 0.451 e. The molecule has 1 N–H and O–H groups in total. The third kappa shape index (κ3) is 4.68. The zero-order valence-electron chi connectivity index (χ0n) is 18.3. The minimum absolute atomic E-state index is 0.0682. The van der Waals surface area contributed by atoms with E-state index in [4.69, 9.17) is 9.47 Å². The number of fused-ring (bicyclic) bond motifs is 1. The number of rotatable bonds is 6. The third-order valence-electron chi connectivity index (χ3n) is 5.10. The molecular weight excluding hydrogens is 454 g/mol. The molecule has 34 heavy (non-hydrogen) atoms. The van der Waals surface area contributed by atoms with Gasteiger partial charge in [-0.25, -0.2) is 14.4 Å². The van der Waals surface area contributed by atoms with Crippen LogP contribution in [0.15, 0.2) is 48.8 Å². The molecule has 0 aliphatic heterocycles. The summed E-state index contributed by atoms with van der Waals surface area (Å²) in [4.78, 5) is 15.6. The van der Waals surface area contributed by atoms with Crippen LogP contribution in [0.4, 0.5) is 23.4 Å². The van der Waals surface area contributed by atoms with E-state index in [1.165, 1.54) is 26.4 Å². The fraction of sp³-hybridized carbons (Fsp3) is 0.217. The van der Waals surface area contributed by atoms with Gasteiger partial charge in [-0.15, -0.1) is 0 Å². The Morgan fingerprint density at radius 3 is 2.18 bits per heavy atom. The highest BCUT2D eigenvalue weighted by Crippen LogP contribution is 2.36. The number of aromatic nitrogens is 4. The van der Waals surface area contributed by atoms with Gasteiger partial charge in [0.25, 0.3) is 0 Å². The van der Waals surface area contributed by atoms with Crippen molar-refractivity contribution in [3.05, 3.63) is 66.0 Å². The molecule has 0 radical (unpaired) electrons. The molecule has 0 saturated heterocycles. The van der Waals surface area contributed by atoms with Gasteiger partial charge in [0, 0.05) is 23.3 Å². The molecule has 0 aliphatic rings. The summed E-state index contributed by atoms with van der Waals surface area (Å²) in [5, 5.41) is 3.73. The molecule has 2 aromatic carbocycles. The Kier molecular flexibility index (Phi) is 6.18. The molecule has 176 valence electrons. The van der Waals surface area contributed by atoms with E-state index in [9.17, 15) is 17.6 Å². The number of hydrogen-bond donors (Lipinski definition) is 1. The van der Waals surface area contributed by atoms with Crippen LogP contribution in [-0.4, -0.2) is 34.2 Å². The van der Waals surface area contributed by atoms with Gasteiger partial charge in [0.15, 0.2) is 0 Å². The summed E-state index contributed by atoms with van der Waals surface area (Å²) < 4.78 is 62.5. The first kappa shape index (κ1) is 23.1. The van der Waals surface area contributed by atoms with Crippen molar-refractivity contribution in [2.45, 2.75) is 19.1 Å². The van der Waals surface area contributed by atoms with Crippen LogP contribution in [0.2, 0.25) is 0 Å². The van der Waals surface area contributed by atoms with E-state index >= 15 is 0 Å². The zero-order chi connectivity index (χ0) is 24.5. The molecule has 7 nitrogen and oxygen atoms in total. The number of methoxy groups -OCH3 is 2. The summed E-state index contributed by atoms with van der Waals surface area (Å²) in [6, 6.07) is 9.10. The first-order valence-corrected chi connectivity index (χ1v) is 10.0. The highest BCUT2D eigenvalue weighted by atomic mass is 19.4. The van der Waals surface area contributed by atoms with E-state index in [0.717, 1.165) is 23.5 Å². The number of hydrogen-bond acceptors (Lipinski definition) is 7. The Balaban J connectivity index is 1.78. The van der Waals surface area contributed by atoms with Crippen LogP contribution >= 0.6 is 0 Å². The number of halogens is 4. The maximum atomic E-state index is 13.4. The highest BCUT2D eigenvalue weighted by Gasteiger charge is 2.34. The summed E-state index contributed by atoms with van der Waals surface area (Å²) in [6.45, 7) is 1.73. The van der Waals surface area contributed by atoms with Crippen molar-refractivity contribution in [2.24, 2.45) is 0 Å². The Hall–Kier alpha value is -4.02. The largest absolute Gasteiger partial charge is 0.494 e. The van der Waals surface area contributed by atoms with Gasteiger partial charge in [0.1, 0.15) is 22.9 Å². The van der Waals surface area contributed by atoms with Gasteiger partial charge in [-0.1, -0.05) is 12.1 Å². The van der Waals surface area contributed by atoms with Crippen LogP contribution in [-0.2, 0) is 6.18 Å². The van der Waals surface area contributed by atoms with Crippen molar-refractivity contribution < 1.29 is 27.0 Å². The van der Waals surface area contributed by atoms with Gasteiger partial charge in [-0.2, -0.15) is 23.1 Å². The molecule has 2 heterocycles. The minimum Gasteiger partial charge on any atom is -0.494 e. The second kappa shape index (κ2) is 9.08. The Morgan fingerprint density at radius 1 is 0.912 bits per heavy atom. The van der Waals surface area contributed by atoms with Crippen LogP contribution < -0.4 is 14.8 Å². The highest BCUT2D eigenvalue weighted by molar-refractivity contribution is 5.97. The standard InChI is InChI=1S/C23H19F4N5O2/c1-12(15-10-28-21(29-11-15)23(25,26)27)30-20-17-8-14(13-4-6-16(24)7-5-13)9-18(33-2)19(17)31-22(32-20)34-3/h4-12H,1-3H3,(H,30,31,32). The van der Waals surface area contributed by atoms with Crippen molar-refractivity contribution >= 4 is 16.7 Å². The van der Waals surface area contributed by atoms with Crippen LogP contribution in [0.3, 0.4) is 0 Å². The second-order valence-electron chi connectivity index (χ2n) is 7.34. The molecule has 0 spiro atoms. The van der Waals surface area contributed by atoms with E-state index in [2.05, 4.69) is 25.3 Å². The molecule has 11 heteroatoms. The summed E-state index contributed by atoms with van der Waals surface area (Å²) in [5.74, 6) is -0.784. The number of ether oxygens (including phenoxy) is 2. The van der Waals surface area contributed by atoms with Crippen molar-refractivity contribution in [2.75, 3.05) is 19.5 Å². The lowest BCUT2D eigenvalue weighted by molar-refractivity contribution is -0.145. The van der Waals surface area contributed by atoms with Crippen molar-refractivity contribution in [1.82, 2.24) is 19.9 Å². The fourth-order valence-corrected chi connectivity index (χ4v) is 3.34. The predicted octanol–water partition coefficient (Wildman–Crippen LogP) is 5.44. The predicted molar refractivity (Wildman–Crippen MR) is 117 cm³/mol. The molecule has 2 aromatic heterocycles. The zero-order valence-corrected chi connectivity index (χ0v) is 18.3. The molecule has 0 amide bonds. The topological polar surface area (TPSA) is 82.0 Å². The summed E-state index contributed by atoms with van der Waals surface area (Å²) >= 11 is 0. The van der Waals surface area contributed by atoms with E-state index in [0.29, 0.717) is 28.0 Å². The van der Waals surface area contributed by atoms with E-state index < -0.39 is 18.0 Å². The molecular formula is C23H19F4N5O2. The van der Waals surface area contributed by atoms with Crippen LogP contribution in [0, 0.1) is 5.82 Å². The normalized spacial score (nSPS) is 12.4. The van der Waals surface area contributed by atoms with Crippen molar-refractivity contribution in [3.8, 4) is 22.9 Å². The van der Waals surface area contributed by atoms with E-state index in [1.54, 1.807) is 25.1 Å². The van der Waals surface area contributed by atoms with Gasteiger partial charge < -0.3 is 14.8 Å². The summed E-state index contributed by atoms with van der Waals surface area (Å²) in [7, 11) is 2.91. The van der Waals surface area contributed by atoms with Crippen molar-refractivity contribution in [3.63, 3.8) is 0 Å². The number of anilines is 1. The SMILES string of the molecule is COc1nc(NC(C)c2cnc(C(F)(F)F)nc2)c2cc(-c3ccc(F)cc3)cc(OC)c2n1.